The Kier molecular flexibility index (Phi) is 4.79. The van der Waals surface area contributed by atoms with Gasteiger partial charge in [0.05, 0.1) is 18.9 Å². The number of fused-ring (bicyclic) bond motifs is 1. The van der Waals surface area contributed by atoms with E-state index in [0.29, 0.717) is 23.0 Å². The van der Waals surface area contributed by atoms with Gasteiger partial charge in [-0.2, -0.15) is 5.10 Å². The highest BCUT2D eigenvalue weighted by molar-refractivity contribution is 5.90. The molecule has 6 nitrogen and oxygen atoms in total. The third-order valence-electron chi connectivity index (χ3n) is 6.20. The molecule has 146 valence electrons. The lowest BCUT2D eigenvalue weighted by Gasteiger charge is -2.15. The molecule has 1 aromatic heterocycles. The van der Waals surface area contributed by atoms with E-state index in [1.54, 1.807) is 30.3 Å². The van der Waals surface area contributed by atoms with Crippen LogP contribution in [0.5, 0.6) is 0 Å². The van der Waals surface area contributed by atoms with Crippen molar-refractivity contribution in [2.75, 3.05) is 7.11 Å². The van der Waals surface area contributed by atoms with E-state index in [0.717, 1.165) is 18.4 Å². The van der Waals surface area contributed by atoms with Crippen LogP contribution in [0, 0.1) is 17.3 Å². The number of benzene rings is 1. The molecule has 2 saturated carbocycles. The van der Waals surface area contributed by atoms with Crippen molar-refractivity contribution in [1.82, 2.24) is 5.43 Å². The number of carbonyl (C=O) groups excluding carboxylic acids is 2. The van der Waals surface area contributed by atoms with Gasteiger partial charge in [0.25, 0.3) is 0 Å². The van der Waals surface area contributed by atoms with Crippen LogP contribution in [0.1, 0.15) is 48.7 Å². The van der Waals surface area contributed by atoms with E-state index in [4.69, 9.17) is 9.15 Å². The summed E-state index contributed by atoms with van der Waals surface area (Å²) < 4.78 is 10.4. The average molecular weight is 380 g/mol. The number of rotatable bonds is 5. The van der Waals surface area contributed by atoms with Crippen LogP contribution in [0.3, 0.4) is 0 Å². The summed E-state index contributed by atoms with van der Waals surface area (Å²) in [5, 5.41) is 4.07. The van der Waals surface area contributed by atoms with Gasteiger partial charge in [-0.05, 0) is 48.4 Å². The molecular weight excluding hydrogens is 356 g/mol. The van der Waals surface area contributed by atoms with Crippen LogP contribution in [0.15, 0.2) is 45.9 Å². The lowest BCUT2D eigenvalue weighted by Crippen LogP contribution is -2.22. The first-order chi connectivity index (χ1) is 13.5. The van der Waals surface area contributed by atoms with Crippen LogP contribution in [-0.4, -0.2) is 25.2 Å². The maximum absolute atomic E-state index is 12.4. The third kappa shape index (κ3) is 3.35. The lowest BCUT2D eigenvalue weighted by atomic mass is 9.90. The number of nitrogens with zero attached hydrogens (tertiary/aromatic N) is 1. The minimum absolute atomic E-state index is 0.0100. The van der Waals surface area contributed by atoms with Gasteiger partial charge in [-0.15, -0.1) is 0 Å². The number of furan rings is 1. The number of hydrogen-bond donors (Lipinski definition) is 1. The molecule has 0 radical (unpaired) electrons. The van der Waals surface area contributed by atoms with Gasteiger partial charge in [0.1, 0.15) is 11.5 Å². The van der Waals surface area contributed by atoms with Crippen molar-refractivity contribution < 1.29 is 18.7 Å². The SMILES string of the molecule is COC(=O)c1ccc(-c2ccc(/C=N/NC(=O)[C@@H]3[C@@H]4CCCC[C@]34C)o2)cc1. The Balaban J connectivity index is 1.36. The van der Waals surface area contributed by atoms with Gasteiger partial charge in [-0.3, -0.25) is 4.79 Å². The van der Waals surface area contributed by atoms with E-state index in [1.807, 2.05) is 6.07 Å². The largest absolute Gasteiger partial charge is 0.465 e. The van der Waals surface area contributed by atoms with Crippen LogP contribution in [0.25, 0.3) is 11.3 Å². The highest BCUT2D eigenvalue weighted by Gasteiger charge is 2.64. The number of hydrogen-bond acceptors (Lipinski definition) is 5. The first kappa shape index (κ1) is 18.5. The summed E-state index contributed by atoms with van der Waals surface area (Å²) in [6.45, 7) is 2.22. The van der Waals surface area contributed by atoms with Gasteiger partial charge in [0, 0.05) is 11.5 Å². The number of amides is 1. The van der Waals surface area contributed by atoms with Crippen molar-refractivity contribution >= 4 is 18.1 Å². The van der Waals surface area contributed by atoms with Gasteiger partial charge in [0.15, 0.2) is 0 Å². The van der Waals surface area contributed by atoms with Crippen molar-refractivity contribution in [3.8, 4) is 11.3 Å². The molecule has 0 aliphatic heterocycles. The van der Waals surface area contributed by atoms with Crippen LogP contribution >= 0.6 is 0 Å². The van der Waals surface area contributed by atoms with Crippen LogP contribution in [-0.2, 0) is 9.53 Å². The van der Waals surface area contributed by atoms with E-state index in [2.05, 4.69) is 17.5 Å². The van der Waals surface area contributed by atoms with Crippen molar-refractivity contribution in [2.45, 2.75) is 32.6 Å². The Bertz CT molecular complexity index is 915. The van der Waals surface area contributed by atoms with Gasteiger partial charge in [0.2, 0.25) is 5.91 Å². The van der Waals surface area contributed by atoms with Gasteiger partial charge >= 0.3 is 5.97 Å². The summed E-state index contributed by atoms with van der Waals surface area (Å²) in [6.07, 6.45) is 6.24. The monoisotopic (exact) mass is 380 g/mol. The molecular formula is C22H24N2O4. The summed E-state index contributed by atoms with van der Waals surface area (Å²) in [7, 11) is 1.35. The smallest absolute Gasteiger partial charge is 0.337 e. The lowest BCUT2D eigenvalue weighted by molar-refractivity contribution is -0.123. The molecule has 1 N–H and O–H groups in total. The zero-order chi connectivity index (χ0) is 19.7. The zero-order valence-electron chi connectivity index (χ0n) is 16.1. The van der Waals surface area contributed by atoms with Gasteiger partial charge in [-0.1, -0.05) is 31.9 Å². The Morgan fingerprint density at radius 2 is 2.00 bits per heavy atom. The highest BCUT2D eigenvalue weighted by atomic mass is 16.5. The fourth-order valence-corrected chi connectivity index (χ4v) is 4.55. The summed E-state index contributed by atoms with van der Waals surface area (Å²) in [4.78, 5) is 23.9. The Hall–Kier alpha value is -2.89. The molecule has 3 atom stereocenters. The Morgan fingerprint density at radius 1 is 1.21 bits per heavy atom. The van der Waals surface area contributed by atoms with Gasteiger partial charge in [-0.25, -0.2) is 10.2 Å². The second kappa shape index (κ2) is 7.26. The molecule has 0 spiro atoms. The van der Waals surface area contributed by atoms with E-state index in [1.165, 1.54) is 26.2 Å². The number of carbonyl (C=O) groups is 2. The second-order valence-electron chi connectivity index (χ2n) is 7.84. The van der Waals surface area contributed by atoms with Crippen molar-refractivity contribution in [3.63, 3.8) is 0 Å². The second-order valence-corrected chi connectivity index (χ2v) is 7.84. The third-order valence-corrected chi connectivity index (χ3v) is 6.20. The van der Waals surface area contributed by atoms with Crippen molar-refractivity contribution in [1.29, 1.82) is 0 Å². The van der Waals surface area contributed by atoms with Crippen molar-refractivity contribution in [2.24, 2.45) is 22.4 Å². The molecule has 0 saturated heterocycles. The molecule has 28 heavy (non-hydrogen) atoms. The van der Waals surface area contributed by atoms with Gasteiger partial charge < -0.3 is 9.15 Å². The molecule has 6 heteroatoms. The molecule has 1 heterocycles. The molecule has 2 aliphatic rings. The molecule has 0 bridgehead atoms. The van der Waals surface area contributed by atoms with Crippen molar-refractivity contribution in [3.05, 3.63) is 47.7 Å². The topological polar surface area (TPSA) is 80.9 Å². The Morgan fingerprint density at radius 3 is 2.68 bits per heavy atom. The molecule has 1 amide bonds. The fraction of sp³-hybridized carbons (Fsp3) is 0.409. The fourth-order valence-electron chi connectivity index (χ4n) is 4.55. The van der Waals surface area contributed by atoms with E-state index >= 15 is 0 Å². The average Bonchev–Trinajstić information content (AvgIpc) is 3.08. The maximum atomic E-state index is 12.4. The summed E-state index contributed by atoms with van der Waals surface area (Å²) >= 11 is 0. The quantitative estimate of drug-likeness (QED) is 0.483. The Labute approximate surface area is 164 Å². The molecule has 1 aromatic carbocycles. The first-order valence-electron chi connectivity index (χ1n) is 9.64. The zero-order valence-corrected chi connectivity index (χ0v) is 16.1. The minimum atomic E-state index is -0.376. The summed E-state index contributed by atoms with van der Waals surface area (Å²) in [5.74, 6) is 1.44. The molecule has 2 aromatic rings. The number of methoxy groups -OCH3 is 1. The summed E-state index contributed by atoms with van der Waals surface area (Å²) in [6, 6.07) is 10.6. The van der Waals surface area contributed by atoms with E-state index in [-0.39, 0.29) is 23.2 Å². The minimum Gasteiger partial charge on any atom is -0.465 e. The van der Waals surface area contributed by atoms with E-state index in [9.17, 15) is 9.59 Å². The number of esters is 1. The molecule has 2 aliphatic carbocycles. The van der Waals surface area contributed by atoms with E-state index < -0.39 is 0 Å². The van der Waals surface area contributed by atoms with Crippen LogP contribution < -0.4 is 5.43 Å². The molecule has 4 rings (SSSR count). The summed E-state index contributed by atoms with van der Waals surface area (Å²) in [5.41, 5.74) is 4.16. The normalized spacial score (nSPS) is 25.9. The predicted molar refractivity (Wildman–Crippen MR) is 105 cm³/mol. The van der Waals surface area contributed by atoms with Crippen LogP contribution in [0.2, 0.25) is 0 Å². The standard InChI is InChI=1S/C22H24N2O4/c1-22-12-4-3-5-17(22)19(22)20(25)24-23-13-16-10-11-18(28-16)14-6-8-15(9-7-14)21(26)27-2/h6-11,13,17,19H,3-5,12H2,1-2H3,(H,24,25)/b23-13+/t17-,19-,22-/m0/s1. The maximum Gasteiger partial charge on any atom is 0.337 e. The van der Waals surface area contributed by atoms with Crippen LogP contribution in [0.4, 0.5) is 0 Å². The highest BCUT2D eigenvalue weighted by Crippen LogP contribution is 2.66. The number of hydrazone groups is 1. The molecule has 0 unspecified atom stereocenters. The molecule has 2 fully saturated rings. The number of ether oxygens (including phenoxy) is 1. The number of nitrogens with one attached hydrogen (secondary N) is 1. The predicted octanol–water partition coefficient (Wildman–Crippen LogP) is 4.01. The first-order valence-corrected chi connectivity index (χ1v) is 9.64.